The molecular formula is C13H19NO3. The van der Waals surface area contributed by atoms with Crippen LogP contribution in [0.3, 0.4) is 0 Å². The maximum atomic E-state index is 12.1. The molecule has 17 heavy (non-hydrogen) atoms. The number of aromatic hydroxyl groups is 2. The van der Waals surface area contributed by atoms with Crippen LogP contribution in [-0.2, 0) is 0 Å². The number of rotatable bonds is 6. The lowest BCUT2D eigenvalue weighted by Crippen LogP contribution is -2.36. The predicted molar refractivity (Wildman–Crippen MR) is 66.5 cm³/mol. The lowest BCUT2D eigenvalue weighted by Gasteiger charge is -2.15. The van der Waals surface area contributed by atoms with Crippen molar-refractivity contribution in [2.45, 2.75) is 32.7 Å². The third-order valence-corrected chi connectivity index (χ3v) is 2.63. The van der Waals surface area contributed by atoms with Crippen molar-refractivity contribution >= 4 is 5.78 Å². The fourth-order valence-corrected chi connectivity index (χ4v) is 1.62. The molecule has 0 saturated carbocycles. The summed E-state index contributed by atoms with van der Waals surface area (Å²) in [6, 6.07) is 3.91. The second kappa shape index (κ2) is 6.25. The Morgan fingerprint density at radius 2 is 2.00 bits per heavy atom. The van der Waals surface area contributed by atoms with Gasteiger partial charge < -0.3 is 15.5 Å². The van der Waals surface area contributed by atoms with Crippen molar-refractivity contribution in [3.63, 3.8) is 0 Å². The molecule has 0 heterocycles. The van der Waals surface area contributed by atoms with E-state index in [2.05, 4.69) is 5.32 Å². The van der Waals surface area contributed by atoms with Crippen LogP contribution in [-0.4, -0.2) is 28.6 Å². The molecule has 94 valence electrons. The van der Waals surface area contributed by atoms with Crippen LogP contribution in [0.2, 0.25) is 0 Å². The highest BCUT2D eigenvalue weighted by molar-refractivity contribution is 6.00. The van der Waals surface area contributed by atoms with Crippen LogP contribution in [0.1, 0.15) is 37.0 Å². The maximum Gasteiger partial charge on any atom is 0.179 e. The summed E-state index contributed by atoms with van der Waals surface area (Å²) in [5.41, 5.74) is 0.413. The monoisotopic (exact) mass is 237 g/mol. The summed E-state index contributed by atoms with van der Waals surface area (Å²) in [6.07, 6.45) is 1.66. The third kappa shape index (κ3) is 3.46. The number of phenolic OH excluding ortho intramolecular Hbond substituents is 2. The molecule has 0 amide bonds. The number of ketones is 1. The topological polar surface area (TPSA) is 69.6 Å². The SMILES string of the molecule is CCCNC(CC)C(=O)c1ccc(O)c(O)c1. The lowest BCUT2D eigenvalue weighted by atomic mass is 10.0. The third-order valence-electron chi connectivity index (χ3n) is 2.63. The molecule has 1 rings (SSSR count). The standard InChI is InChI=1S/C13H19NO3/c1-3-7-14-10(4-2)13(17)9-5-6-11(15)12(16)8-9/h5-6,8,10,14-16H,3-4,7H2,1-2H3. The van der Waals surface area contributed by atoms with Gasteiger partial charge >= 0.3 is 0 Å². The Morgan fingerprint density at radius 3 is 2.53 bits per heavy atom. The number of hydrogen-bond acceptors (Lipinski definition) is 4. The van der Waals surface area contributed by atoms with Gasteiger partial charge in [0.2, 0.25) is 0 Å². The molecule has 0 aliphatic heterocycles. The molecule has 1 unspecified atom stereocenters. The number of phenols is 2. The van der Waals surface area contributed by atoms with Crippen LogP contribution in [0.25, 0.3) is 0 Å². The second-order valence-corrected chi connectivity index (χ2v) is 3.98. The van der Waals surface area contributed by atoms with E-state index in [0.717, 1.165) is 13.0 Å². The van der Waals surface area contributed by atoms with E-state index in [1.807, 2.05) is 13.8 Å². The lowest BCUT2D eigenvalue weighted by molar-refractivity contribution is 0.0940. The summed E-state index contributed by atoms with van der Waals surface area (Å²) >= 11 is 0. The van der Waals surface area contributed by atoms with Crippen LogP contribution >= 0.6 is 0 Å². The normalized spacial score (nSPS) is 12.4. The Hall–Kier alpha value is -1.55. The first-order chi connectivity index (χ1) is 8.10. The molecule has 0 radical (unpaired) electrons. The Labute approximate surface area is 101 Å². The van der Waals surface area contributed by atoms with Crippen molar-refractivity contribution in [1.29, 1.82) is 0 Å². The zero-order valence-electron chi connectivity index (χ0n) is 10.2. The number of Topliss-reactive ketones (excluding diaryl/α,β-unsaturated/α-hetero) is 1. The van der Waals surface area contributed by atoms with Gasteiger partial charge in [-0.15, -0.1) is 0 Å². The molecule has 0 aromatic heterocycles. The number of nitrogens with one attached hydrogen (secondary N) is 1. The van der Waals surface area contributed by atoms with Crippen molar-refractivity contribution in [3.05, 3.63) is 23.8 Å². The molecule has 0 aliphatic carbocycles. The summed E-state index contributed by atoms with van der Waals surface area (Å²) < 4.78 is 0. The molecule has 0 fully saturated rings. The largest absolute Gasteiger partial charge is 0.504 e. The molecule has 4 heteroatoms. The Kier molecular flexibility index (Phi) is 4.97. The molecule has 1 aromatic rings. The fourth-order valence-electron chi connectivity index (χ4n) is 1.62. The minimum Gasteiger partial charge on any atom is -0.504 e. The highest BCUT2D eigenvalue weighted by Crippen LogP contribution is 2.25. The second-order valence-electron chi connectivity index (χ2n) is 3.98. The minimum atomic E-state index is -0.263. The van der Waals surface area contributed by atoms with Crippen LogP contribution in [0.4, 0.5) is 0 Å². The number of hydrogen-bond donors (Lipinski definition) is 3. The van der Waals surface area contributed by atoms with E-state index >= 15 is 0 Å². The molecule has 0 bridgehead atoms. The van der Waals surface area contributed by atoms with Gasteiger partial charge in [-0.05, 0) is 37.6 Å². The van der Waals surface area contributed by atoms with Crippen molar-refractivity contribution in [2.75, 3.05) is 6.54 Å². The summed E-state index contributed by atoms with van der Waals surface area (Å²) in [7, 11) is 0. The minimum absolute atomic E-state index is 0.0590. The van der Waals surface area contributed by atoms with E-state index < -0.39 is 0 Å². The predicted octanol–water partition coefficient (Wildman–Crippen LogP) is 2.06. The number of carbonyl (C=O) groups excluding carboxylic acids is 1. The van der Waals surface area contributed by atoms with Gasteiger partial charge in [-0.25, -0.2) is 0 Å². The van der Waals surface area contributed by atoms with Crippen molar-refractivity contribution < 1.29 is 15.0 Å². The summed E-state index contributed by atoms with van der Waals surface area (Å²) in [5, 5.41) is 21.7. The molecular weight excluding hydrogens is 218 g/mol. The van der Waals surface area contributed by atoms with Gasteiger partial charge in [0.1, 0.15) is 0 Å². The first-order valence-electron chi connectivity index (χ1n) is 5.89. The van der Waals surface area contributed by atoms with E-state index in [1.54, 1.807) is 0 Å². The fraction of sp³-hybridized carbons (Fsp3) is 0.462. The zero-order chi connectivity index (χ0) is 12.8. The highest BCUT2D eigenvalue weighted by atomic mass is 16.3. The quantitative estimate of drug-likeness (QED) is 0.523. The van der Waals surface area contributed by atoms with Crippen molar-refractivity contribution in [1.82, 2.24) is 5.32 Å². The van der Waals surface area contributed by atoms with Gasteiger partial charge in [0.15, 0.2) is 17.3 Å². The average Bonchev–Trinajstić information content (AvgIpc) is 2.33. The van der Waals surface area contributed by atoms with Crippen LogP contribution in [0.5, 0.6) is 11.5 Å². The maximum absolute atomic E-state index is 12.1. The Morgan fingerprint density at radius 1 is 1.29 bits per heavy atom. The summed E-state index contributed by atoms with van der Waals surface area (Å²) in [6.45, 7) is 4.76. The first-order valence-corrected chi connectivity index (χ1v) is 5.89. The Bertz CT molecular complexity index is 390. The molecule has 0 spiro atoms. The van der Waals surface area contributed by atoms with Gasteiger partial charge in [-0.1, -0.05) is 13.8 Å². The van der Waals surface area contributed by atoms with Gasteiger partial charge in [0.05, 0.1) is 6.04 Å². The van der Waals surface area contributed by atoms with E-state index in [9.17, 15) is 15.0 Å². The highest BCUT2D eigenvalue weighted by Gasteiger charge is 2.18. The Balaban J connectivity index is 2.82. The van der Waals surface area contributed by atoms with Gasteiger partial charge in [0.25, 0.3) is 0 Å². The smallest absolute Gasteiger partial charge is 0.179 e. The summed E-state index contributed by atoms with van der Waals surface area (Å²) in [4.78, 5) is 12.1. The zero-order valence-corrected chi connectivity index (χ0v) is 10.2. The average molecular weight is 237 g/mol. The number of carbonyl (C=O) groups is 1. The van der Waals surface area contributed by atoms with Crippen LogP contribution in [0, 0.1) is 0 Å². The van der Waals surface area contributed by atoms with Gasteiger partial charge in [0, 0.05) is 5.56 Å². The molecule has 0 aliphatic rings. The molecule has 1 aromatic carbocycles. The molecule has 1 atom stereocenters. The molecule has 4 nitrogen and oxygen atoms in total. The van der Waals surface area contributed by atoms with Crippen LogP contribution < -0.4 is 5.32 Å². The van der Waals surface area contributed by atoms with Crippen LogP contribution in [0.15, 0.2) is 18.2 Å². The van der Waals surface area contributed by atoms with Gasteiger partial charge in [-0.2, -0.15) is 0 Å². The van der Waals surface area contributed by atoms with Crippen molar-refractivity contribution in [3.8, 4) is 11.5 Å². The van der Waals surface area contributed by atoms with E-state index in [-0.39, 0.29) is 23.3 Å². The van der Waals surface area contributed by atoms with Crippen molar-refractivity contribution in [2.24, 2.45) is 0 Å². The molecule has 0 saturated heterocycles. The van der Waals surface area contributed by atoms with E-state index in [1.165, 1.54) is 18.2 Å². The molecule has 3 N–H and O–H groups in total. The summed E-state index contributed by atoms with van der Waals surface area (Å²) in [5.74, 6) is -0.534. The first kappa shape index (κ1) is 13.5. The van der Waals surface area contributed by atoms with E-state index in [4.69, 9.17) is 0 Å². The van der Waals surface area contributed by atoms with E-state index in [0.29, 0.717) is 12.0 Å². The number of benzene rings is 1. The van der Waals surface area contributed by atoms with Gasteiger partial charge in [-0.3, -0.25) is 4.79 Å².